The molecule has 0 spiro atoms. The van der Waals surface area contributed by atoms with Crippen LogP contribution in [0.3, 0.4) is 0 Å². The van der Waals surface area contributed by atoms with Crippen LogP contribution in [-0.4, -0.2) is 18.9 Å². The van der Waals surface area contributed by atoms with Gasteiger partial charge in [-0.1, -0.05) is 42.0 Å². The van der Waals surface area contributed by atoms with Gasteiger partial charge in [-0.2, -0.15) is 0 Å². The molecule has 0 aliphatic carbocycles. The number of carbonyl (C=O) groups excluding carboxylic acids is 1. The lowest BCUT2D eigenvalue weighted by Crippen LogP contribution is -2.36. The first-order chi connectivity index (χ1) is 14.1. The van der Waals surface area contributed by atoms with E-state index in [1.807, 2.05) is 24.3 Å². The third-order valence-electron chi connectivity index (χ3n) is 4.46. The van der Waals surface area contributed by atoms with Crippen LogP contribution in [0.25, 0.3) is 0 Å². The van der Waals surface area contributed by atoms with Gasteiger partial charge in [-0.15, -0.1) is 0 Å². The van der Waals surface area contributed by atoms with E-state index in [1.54, 1.807) is 25.4 Å². The summed E-state index contributed by atoms with van der Waals surface area (Å²) >= 11 is 0. The molecule has 2 aromatic carbocycles. The van der Waals surface area contributed by atoms with Gasteiger partial charge in [0.05, 0.1) is 12.8 Å². The molecule has 3 aromatic rings. The second kappa shape index (κ2) is 10.1. The van der Waals surface area contributed by atoms with Crippen LogP contribution in [0.15, 0.2) is 76.3 Å². The van der Waals surface area contributed by atoms with Gasteiger partial charge in [0.25, 0.3) is 5.91 Å². The van der Waals surface area contributed by atoms with Crippen molar-refractivity contribution < 1.29 is 9.21 Å². The van der Waals surface area contributed by atoms with Gasteiger partial charge >= 0.3 is 0 Å². The zero-order valence-corrected chi connectivity index (χ0v) is 16.7. The minimum Gasteiger partial charge on any atom is -0.467 e. The highest BCUT2D eigenvalue weighted by Crippen LogP contribution is 2.07. The van der Waals surface area contributed by atoms with Crippen molar-refractivity contribution >= 4 is 11.9 Å². The summed E-state index contributed by atoms with van der Waals surface area (Å²) in [4.78, 5) is 16.6. The number of furan rings is 1. The lowest BCUT2D eigenvalue weighted by Gasteiger charge is -2.13. The molecule has 6 nitrogen and oxygen atoms in total. The number of hydrogen-bond acceptors (Lipinski definition) is 3. The van der Waals surface area contributed by atoms with E-state index in [9.17, 15) is 4.79 Å². The van der Waals surface area contributed by atoms with Gasteiger partial charge in [0.2, 0.25) is 0 Å². The van der Waals surface area contributed by atoms with Crippen molar-refractivity contribution in [2.75, 3.05) is 7.05 Å². The number of hydrogen-bond donors (Lipinski definition) is 3. The molecule has 0 fully saturated rings. The van der Waals surface area contributed by atoms with Gasteiger partial charge in [-0.05, 0) is 42.3 Å². The normalized spacial score (nSPS) is 11.2. The van der Waals surface area contributed by atoms with E-state index < -0.39 is 0 Å². The molecule has 3 N–H and O–H groups in total. The van der Waals surface area contributed by atoms with Crippen LogP contribution in [0.2, 0.25) is 0 Å². The van der Waals surface area contributed by atoms with Crippen molar-refractivity contribution in [2.45, 2.75) is 26.6 Å². The second-order valence-electron chi connectivity index (χ2n) is 6.73. The summed E-state index contributed by atoms with van der Waals surface area (Å²) < 4.78 is 5.24. The molecule has 0 aliphatic heterocycles. The molecular weight excluding hydrogens is 364 g/mol. The van der Waals surface area contributed by atoms with E-state index in [1.165, 1.54) is 11.1 Å². The molecule has 6 heteroatoms. The van der Waals surface area contributed by atoms with Crippen molar-refractivity contribution in [1.82, 2.24) is 16.0 Å². The number of nitrogens with zero attached hydrogens (tertiary/aromatic N) is 1. The van der Waals surface area contributed by atoms with Crippen LogP contribution in [0.5, 0.6) is 0 Å². The van der Waals surface area contributed by atoms with Crippen LogP contribution in [0.4, 0.5) is 0 Å². The Balaban J connectivity index is 1.50. The number of guanidine groups is 1. The molecule has 0 unspecified atom stereocenters. The van der Waals surface area contributed by atoms with Crippen LogP contribution >= 0.6 is 0 Å². The predicted octanol–water partition coefficient (Wildman–Crippen LogP) is 3.38. The second-order valence-corrected chi connectivity index (χ2v) is 6.73. The Bertz CT molecular complexity index is 947. The fraction of sp³-hybridized carbons (Fsp3) is 0.217. The molecule has 1 heterocycles. The van der Waals surface area contributed by atoms with Crippen molar-refractivity contribution in [3.63, 3.8) is 0 Å². The smallest absolute Gasteiger partial charge is 0.251 e. The quantitative estimate of drug-likeness (QED) is 0.427. The number of benzene rings is 2. The van der Waals surface area contributed by atoms with E-state index in [-0.39, 0.29) is 5.91 Å². The van der Waals surface area contributed by atoms with Crippen LogP contribution < -0.4 is 16.0 Å². The zero-order chi connectivity index (χ0) is 20.5. The molecular formula is C23H26N4O2. The number of aliphatic imine (C=N–C) groups is 1. The minimum atomic E-state index is -0.134. The largest absolute Gasteiger partial charge is 0.467 e. The maximum absolute atomic E-state index is 12.4. The molecule has 0 saturated heterocycles. The Morgan fingerprint density at radius 1 is 0.897 bits per heavy atom. The highest BCUT2D eigenvalue weighted by molar-refractivity contribution is 5.94. The number of rotatable bonds is 7. The number of aryl methyl sites for hydroxylation is 1. The molecule has 0 bridgehead atoms. The van der Waals surface area contributed by atoms with Crippen molar-refractivity contribution in [2.24, 2.45) is 4.99 Å². The van der Waals surface area contributed by atoms with Gasteiger partial charge in [0.15, 0.2) is 5.96 Å². The first kappa shape index (κ1) is 20.2. The molecule has 0 aliphatic rings. The number of nitrogens with one attached hydrogen (secondary N) is 3. The van der Waals surface area contributed by atoms with Crippen molar-refractivity contribution in [1.29, 1.82) is 0 Å². The van der Waals surface area contributed by atoms with Crippen LogP contribution in [0.1, 0.15) is 32.8 Å². The summed E-state index contributed by atoms with van der Waals surface area (Å²) in [5.41, 5.74) is 4.03. The Labute approximate surface area is 171 Å². The van der Waals surface area contributed by atoms with Gasteiger partial charge < -0.3 is 20.4 Å². The van der Waals surface area contributed by atoms with Crippen molar-refractivity contribution in [3.05, 3.63) is 94.9 Å². The Morgan fingerprint density at radius 3 is 2.34 bits per heavy atom. The molecule has 0 radical (unpaired) electrons. The average molecular weight is 390 g/mol. The first-order valence-corrected chi connectivity index (χ1v) is 9.53. The van der Waals surface area contributed by atoms with Gasteiger partial charge in [0.1, 0.15) is 5.76 Å². The molecule has 0 saturated carbocycles. The van der Waals surface area contributed by atoms with Crippen molar-refractivity contribution in [3.8, 4) is 0 Å². The first-order valence-electron chi connectivity index (χ1n) is 9.53. The topological polar surface area (TPSA) is 78.7 Å². The molecule has 29 heavy (non-hydrogen) atoms. The molecule has 1 amide bonds. The predicted molar refractivity (Wildman–Crippen MR) is 115 cm³/mol. The van der Waals surface area contributed by atoms with E-state index in [0.29, 0.717) is 31.2 Å². The zero-order valence-electron chi connectivity index (χ0n) is 16.7. The third-order valence-corrected chi connectivity index (χ3v) is 4.46. The molecule has 0 atom stereocenters. The van der Waals surface area contributed by atoms with Crippen LogP contribution in [0, 0.1) is 6.92 Å². The Hall–Kier alpha value is -3.54. The highest BCUT2D eigenvalue weighted by Gasteiger charge is 2.07. The number of carbonyl (C=O) groups is 1. The fourth-order valence-electron chi connectivity index (χ4n) is 2.80. The van der Waals surface area contributed by atoms with E-state index in [2.05, 4.69) is 52.1 Å². The van der Waals surface area contributed by atoms with Gasteiger partial charge in [0, 0.05) is 25.7 Å². The van der Waals surface area contributed by atoms with Crippen LogP contribution in [-0.2, 0) is 19.6 Å². The highest BCUT2D eigenvalue weighted by atomic mass is 16.3. The lowest BCUT2D eigenvalue weighted by molar-refractivity contribution is 0.0948. The number of amides is 1. The summed E-state index contributed by atoms with van der Waals surface area (Å²) in [6.45, 7) is 3.69. The van der Waals surface area contributed by atoms with E-state index in [4.69, 9.17) is 4.42 Å². The Kier molecular flexibility index (Phi) is 7.05. The Morgan fingerprint density at radius 2 is 1.66 bits per heavy atom. The minimum absolute atomic E-state index is 0.134. The standard InChI is InChI=1S/C23H26N4O2/c1-17-8-10-18(11-9-17)14-26-23(24-2)27-15-19-5-3-6-20(13-19)22(28)25-16-21-7-4-12-29-21/h3-13H,14-16H2,1-2H3,(H,25,28)(H2,24,26,27). The maximum Gasteiger partial charge on any atom is 0.251 e. The van der Waals surface area contributed by atoms with Gasteiger partial charge in [-0.3, -0.25) is 9.79 Å². The summed E-state index contributed by atoms with van der Waals surface area (Å²) in [6, 6.07) is 19.5. The molecule has 1 aromatic heterocycles. The van der Waals surface area contributed by atoms with E-state index in [0.717, 1.165) is 11.3 Å². The SMILES string of the molecule is CN=C(NCc1ccc(C)cc1)NCc1cccc(C(=O)NCc2ccco2)c1. The average Bonchev–Trinajstić information content (AvgIpc) is 3.27. The fourth-order valence-corrected chi connectivity index (χ4v) is 2.80. The van der Waals surface area contributed by atoms with Gasteiger partial charge in [-0.25, -0.2) is 0 Å². The molecule has 3 rings (SSSR count). The monoisotopic (exact) mass is 390 g/mol. The van der Waals surface area contributed by atoms with E-state index >= 15 is 0 Å². The molecule has 150 valence electrons. The third kappa shape index (κ3) is 6.24. The maximum atomic E-state index is 12.4. The summed E-state index contributed by atoms with van der Waals surface area (Å²) in [5, 5.41) is 9.44. The summed E-state index contributed by atoms with van der Waals surface area (Å²) in [5.74, 6) is 1.29. The summed E-state index contributed by atoms with van der Waals surface area (Å²) in [6.07, 6.45) is 1.59. The lowest BCUT2D eigenvalue weighted by atomic mass is 10.1. The summed E-state index contributed by atoms with van der Waals surface area (Å²) in [7, 11) is 1.74.